The SMILES string of the molecule is COC(=O)C1CN(Cc2ccccc2)CC12CCNCC2. The smallest absolute Gasteiger partial charge is 0.310 e. The summed E-state index contributed by atoms with van der Waals surface area (Å²) in [6, 6.07) is 10.5. The highest BCUT2D eigenvalue weighted by atomic mass is 16.5. The average molecular weight is 288 g/mol. The normalized spacial score (nSPS) is 25.1. The van der Waals surface area contributed by atoms with Gasteiger partial charge in [0, 0.05) is 25.0 Å². The van der Waals surface area contributed by atoms with E-state index in [4.69, 9.17) is 4.74 Å². The first-order valence-corrected chi connectivity index (χ1v) is 7.78. The second kappa shape index (κ2) is 6.16. The Balaban J connectivity index is 1.75. The lowest BCUT2D eigenvalue weighted by atomic mass is 9.71. The van der Waals surface area contributed by atoms with E-state index in [0.29, 0.717) is 0 Å². The number of hydrogen-bond donors (Lipinski definition) is 1. The number of esters is 1. The van der Waals surface area contributed by atoms with Gasteiger partial charge in [0.25, 0.3) is 0 Å². The van der Waals surface area contributed by atoms with E-state index in [2.05, 4.69) is 34.5 Å². The molecule has 2 aliphatic heterocycles. The molecule has 0 amide bonds. The van der Waals surface area contributed by atoms with Gasteiger partial charge in [-0.2, -0.15) is 0 Å². The van der Waals surface area contributed by atoms with E-state index in [1.54, 1.807) is 0 Å². The molecular weight excluding hydrogens is 264 g/mol. The van der Waals surface area contributed by atoms with Gasteiger partial charge in [0.05, 0.1) is 13.0 Å². The van der Waals surface area contributed by atoms with Crippen LogP contribution < -0.4 is 5.32 Å². The van der Waals surface area contributed by atoms with Crippen LogP contribution in [0.3, 0.4) is 0 Å². The van der Waals surface area contributed by atoms with Crippen molar-refractivity contribution in [1.29, 1.82) is 0 Å². The van der Waals surface area contributed by atoms with Crippen LogP contribution in [-0.4, -0.2) is 44.2 Å². The molecule has 114 valence electrons. The maximum Gasteiger partial charge on any atom is 0.310 e. The predicted molar refractivity (Wildman–Crippen MR) is 81.8 cm³/mol. The summed E-state index contributed by atoms with van der Waals surface area (Å²) in [5.41, 5.74) is 1.42. The molecule has 2 heterocycles. The van der Waals surface area contributed by atoms with Crippen LogP contribution in [0.25, 0.3) is 0 Å². The molecule has 0 bridgehead atoms. The van der Waals surface area contributed by atoms with Crippen LogP contribution in [0, 0.1) is 11.3 Å². The maximum atomic E-state index is 12.2. The average Bonchev–Trinajstić information content (AvgIpc) is 2.86. The zero-order chi connectivity index (χ0) is 14.7. The predicted octanol–water partition coefficient (Wildman–Crippen LogP) is 1.66. The number of methoxy groups -OCH3 is 1. The van der Waals surface area contributed by atoms with Crippen LogP contribution in [0.15, 0.2) is 30.3 Å². The first kappa shape index (κ1) is 14.5. The highest BCUT2D eigenvalue weighted by molar-refractivity contribution is 5.74. The van der Waals surface area contributed by atoms with Crippen LogP contribution in [0.1, 0.15) is 18.4 Å². The van der Waals surface area contributed by atoms with E-state index < -0.39 is 0 Å². The quantitative estimate of drug-likeness (QED) is 0.859. The van der Waals surface area contributed by atoms with Gasteiger partial charge in [-0.1, -0.05) is 30.3 Å². The number of ether oxygens (including phenoxy) is 1. The summed E-state index contributed by atoms with van der Waals surface area (Å²) in [5.74, 6) is -0.0132. The Kier molecular flexibility index (Phi) is 4.27. The third-order valence-electron chi connectivity index (χ3n) is 5.05. The van der Waals surface area contributed by atoms with Crippen molar-refractivity contribution in [2.45, 2.75) is 19.4 Å². The molecule has 21 heavy (non-hydrogen) atoms. The van der Waals surface area contributed by atoms with Gasteiger partial charge >= 0.3 is 5.97 Å². The van der Waals surface area contributed by atoms with Crippen LogP contribution in [0.2, 0.25) is 0 Å². The first-order chi connectivity index (χ1) is 10.2. The molecule has 2 saturated heterocycles. The molecule has 1 aromatic rings. The summed E-state index contributed by atoms with van der Waals surface area (Å²) in [6.45, 7) is 4.76. The summed E-state index contributed by atoms with van der Waals surface area (Å²) in [7, 11) is 1.51. The highest BCUT2D eigenvalue weighted by Crippen LogP contribution is 2.44. The first-order valence-electron chi connectivity index (χ1n) is 7.78. The lowest BCUT2D eigenvalue weighted by molar-refractivity contribution is -0.149. The van der Waals surface area contributed by atoms with Crippen molar-refractivity contribution >= 4 is 5.97 Å². The molecule has 0 aliphatic carbocycles. The van der Waals surface area contributed by atoms with Crippen molar-refractivity contribution in [3.63, 3.8) is 0 Å². The van der Waals surface area contributed by atoms with Crippen molar-refractivity contribution in [2.24, 2.45) is 11.3 Å². The fourth-order valence-corrected chi connectivity index (χ4v) is 3.93. The Morgan fingerprint density at radius 2 is 2.05 bits per heavy atom. The minimum Gasteiger partial charge on any atom is -0.469 e. The second-order valence-electron chi connectivity index (χ2n) is 6.34. The Labute approximate surface area is 126 Å². The van der Waals surface area contributed by atoms with Gasteiger partial charge in [-0.3, -0.25) is 9.69 Å². The van der Waals surface area contributed by atoms with Crippen molar-refractivity contribution < 1.29 is 9.53 Å². The lowest BCUT2D eigenvalue weighted by Crippen LogP contribution is -2.44. The minimum atomic E-state index is -0.0348. The molecule has 2 fully saturated rings. The number of piperidine rings is 1. The molecule has 0 aromatic heterocycles. The van der Waals surface area contributed by atoms with E-state index in [0.717, 1.165) is 45.6 Å². The lowest BCUT2D eigenvalue weighted by Gasteiger charge is -2.37. The van der Waals surface area contributed by atoms with E-state index in [-0.39, 0.29) is 17.3 Å². The molecule has 2 aliphatic rings. The number of nitrogens with zero attached hydrogens (tertiary/aromatic N) is 1. The summed E-state index contributed by atoms with van der Waals surface area (Å²) in [5, 5.41) is 3.41. The zero-order valence-electron chi connectivity index (χ0n) is 12.7. The van der Waals surface area contributed by atoms with Gasteiger partial charge in [0.15, 0.2) is 0 Å². The number of hydrogen-bond acceptors (Lipinski definition) is 4. The third kappa shape index (κ3) is 2.97. The van der Waals surface area contributed by atoms with Crippen molar-refractivity contribution in [3.8, 4) is 0 Å². The topological polar surface area (TPSA) is 41.6 Å². The number of carbonyl (C=O) groups is 1. The largest absolute Gasteiger partial charge is 0.469 e. The summed E-state index contributed by atoms with van der Waals surface area (Å²) < 4.78 is 5.07. The fourth-order valence-electron chi connectivity index (χ4n) is 3.93. The van der Waals surface area contributed by atoms with E-state index in [1.807, 2.05) is 6.07 Å². The molecule has 1 spiro atoms. The summed E-state index contributed by atoms with van der Waals surface area (Å²) in [4.78, 5) is 14.6. The van der Waals surface area contributed by atoms with E-state index in [9.17, 15) is 4.79 Å². The molecule has 1 unspecified atom stereocenters. The van der Waals surface area contributed by atoms with Crippen molar-refractivity contribution in [1.82, 2.24) is 10.2 Å². The Bertz CT molecular complexity index is 483. The number of carbonyl (C=O) groups excluding carboxylic acids is 1. The molecule has 1 N–H and O–H groups in total. The standard InChI is InChI=1S/C17H24N2O2/c1-21-16(20)15-12-19(11-14-5-3-2-4-6-14)13-17(15)7-9-18-10-8-17/h2-6,15,18H,7-13H2,1H3. The maximum absolute atomic E-state index is 12.2. The van der Waals surface area contributed by atoms with Crippen LogP contribution >= 0.6 is 0 Å². The van der Waals surface area contributed by atoms with Crippen LogP contribution in [0.5, 0.6) is 0 Å². The molecule has 0 saturated carbocycles. The highest BCUT2D eigenvalue weighted by Gasteiger charge is 2.50. The van der Waals surface area contributed by atoms with Crippen molar-refractivity contribution in [3.05, 3.63) is 35.9 Å². The number of benzene rings is 1. The van der Waals surface area contributed by atoms with Gasteiger partial charge in [-0.25, -0.2) is 0 Å². The molecule has 4 nitrogen and oxygen atoms in total. The van der Waals surface area contributed by atoms with Gasteiger partial charge < -0.3 is 10.1 Å². The molecule has 1 aromatic carbocycles. The Morgan fingerprint density at radius 1 is 1.33 bits per heavy atom. The Hall–Kier alpha value is -1.39. The van der Waals surface area contributed by atoms with Crippen LogP contribution in [0.4, 0.5) is 0 Å². The number of nitrogens with one attached hydrogen (secondary N) is 1. The van der Waals surface area contributed by atoms with E-state index in [1.165, 1.54) is 12.7 Å². The van der Waals surface area contributed by atoms with E-state index >= 15 is 0 Å². The minimum absolute atomic E-state index is 0.0216. The van der Waals surface area contributed by atoms with Gasteiger partial charge in [-0.15, -0.1) is 0 Å². The Morgan fingerprint density at radius 3 is 2.71 bits per heavy atom. The van der Waals surface area contributed by atoms with Gasteiger partial charge in [-0.05, 0) is 31.5 Å². The van der Waals surface area contributed by atoms with Crippen molar-refractivity contribution in [2.75, 3.05) is 33.3 Å². The van der Waals surface area contributed by atoms with Crippen LogP contribution in [-0.2, 0) is 16.1 Å². The number of likely N-dealkylation sites (tertiary alicyclic amines) is 1. The fraction of sp³-hybridized carbons (Fsp3) is 0.588. The summed E-state index contributed by atoms with van der Waals surface area (Å²) in [6.07, 6.45) is 2.14. The molecular formula is C17H24N2O2. The second-order valence-corrected chi connectivity index (χ2v) is 6.34. The molecule has 1 atom stereocenters. The summed E-state index contributed by atoms with van der Waals surface area (Å²) >= 11 is 0. The molecule has 3 rings (SSSR count). The monoisotopic (exact) mass is 288 g/mol. The third-order valence-corrected chi connectivity index (χ3v) is 5.05. The van der Waals surface area contributed by atoms with Gasteiger partial charge in [0.1, 0.15) is 0 Å². The van der Waals surface area contributed by atoms with Gasteiger partial charge in [0.2, 0.25) is 0 Å². The zero-order valence-corrected chi connectivity index (χ0v) is 12.7. The number of rotatable bonds is 3. The molecule has 0 radical (unpaired) electrons. The molecule has 4 heteroatoms.